The number of carbonyl (C=O) groups excluding carboxylic acids is 1. The van der Waals surface area contributed by atoms with Crippen LogP contribution in [0.4, 0.5) is 5.69 Å². The molecular weight excluding hydrogens is 236 g/mol. The number of carbonyl (C=O) groups is 1. The van der Waals surface area contributed by atoms with Gasteiger partial charge < -0.3 is 10.6 Å². The van der Waals surface area contributed by atoms with Crippen LogP contribution in [0.15, 0.2) is 24.3 Å². The van der Waals surface area contributed by atoms with E-state index in [-0.39, 0.29) is 17.9 Å². The fourth-order valence-electron chi connectivity index (χ4n) is 2.83. The standard InChI is InChI=1S/C16H24N2O/c1-4-7-11(2)18-16(19)14-10-12(3)17-15-9-6-5-8-13(14)15/h5-6,8-9,11-12,14,17H,4,7,10H2,1-3H3,(H,18,19). The van der Waals surface area contributed by atoms with Crippen molar-refractivity contribution in [1.82, 2.24) is 5.32 Å². The third-order valence-corrected chi connectivity index (χ3v) is 3.75. The van der Waals surface area contributed by atoms with Crippen LogP contribution in [0.25, 0.3) is 0 Å². The Hall–Kier alpha value is -1.51. The lowest BCUT2D eigenvalue weighted by atomic mass is 9.86. The molecule has 1 aliphatic rings. The van der Waals surface area contributed by atoms with Gasteiger partial charge in [-0.2, -0.15) is 0 Å². The summed E-state index contributed by atoms with van der Waals surface area (Å²) in [5, 5.41) is 6.59. The second-order valence-electron chi connectivity index (χ2n) is 5.62. The van der Waals surface area contributed by atoms with Crippen molar-refractivity contribution in [2.24, 2.45) is 0 Å². The Morgan fingerprint density at radius 3 is 2.95 bits per heavy atom. The molecule has 0 bridgehead atoms. The van der Waals surface area contributed by atoms with Gasteiger partial charge in [-0.15, -0.1) is 0 Å². The van der Waals surface area contributed by atoms with Gasteiger partial charge in [-0.3, -0.25) is 4.79 Å². The third kappa shape index (κ3) is 3.28. The molecule has 1 aromatic rings. The second kappa shape index (κ2) is 6.09. The lowest BCUT2D eigenvalue weighted by molar-refractivity contribution is -0.123. The van der Waals surface area contributed by atoms with Crippen LogP contribution in [0.3, 0.4) is 0 Å². The van der Waals surface area contributed by atoms with Crippen molar-refractivity contribution < 1.29 is 4.79 Å². The minimum Gasteiger partial charge on any atom is -0.382 e. The van der Waals surface area contributed by atoms with Crippen LogP contribution in [0, 0.1) is 0 Å². The Bertz CT molecular complexity index is 444. The zero-order valence-corrected chi connectivity index (χ0v) is 12.1. The van der Waals surface area contributed by atoms with Crippen LogP contribution in [0.5, 0.6) is 0 Å². The van der Waals surface area contributed by atoms with Crippen LogP contribution in [0.2, 0.25) is 0 Å². The van der Waals surface area contributed by atoms with Gasteiger partial charge in [0.25, 0.3) is 0 Å². The molecule has 2 rings (SSSR count). The van der Waals surface area contributed by atoms with E-state index in [1.54, 1.807) is 0 Å². The van der Waals surface area contributed by atoms with Crippen molar-refractivity contribution in [3.63, 3.8) is 0 Å². The average molecular weight is 260 g/mol. The molecule has 1 heterocycles. The maximum Gasteiger partial charge on any atom is 0.227 e. The number of fused-ring (bicyclic) bond motifs is 1. The molecule has 0 saturated carbocycles. The Balaban J connectivity index is 2.13. The molecule has 0 spiro atoms. The van der Waals surface area contributed by atoms with Gasteiger partial charge in [0, 0.05) is 17.8 Å². The van der Waals surface area contributed by atoms with E-state index in [4.69, 9.17) is 0 Å². The number of anilines is 1. The summed E-state index contributed by atoms with van der Waals surface area (Å²) in [5.41, 5.74) is 2.23. The quantitative estimate of drug-likeness (QED) is 0.872. The Morgan fingerprint density at radius 1 is 1.47 bits per heavy atom. The first kappa shape index (κ1) is 13.9. The molecule has 0 aliphatic carbocycles. The third-order valence-electron chi connectivity index (χ3n) is 3.75. The van der Waals surface area contributed by atoms with E-state index < -0.39 is 0 Å². The molecule has 3 nitrogen and oxygen atoms in total. The van der Waals surface area contributed by atoms with E-state index in [0.29, 0.717) is 6.04 Å². The lowest BCUT2D eigenvalue weighted by Crippen LogP contribution is -2.39. The summed E-state index contributed by atoms with van der Waals surface area (Å²) in [6, 6.07) is 8.73. The zero-order valence-electron chi connectivity index (χ0n) is 12.1. The first-order chi connectivity index (χ1) is 9.11. The predicted octanol–water partition coefficient (Wildman–Crippen LogP) is 3.28. The normalized spacial score (nSPS) is 23.1. The van der Waals surface area contributed by atoms with Gasteiger partial charge in [-0.25, -0.2) is 0 Å². The number of hydrogen-bond donors (Lipinski definition) is 2. The van der Waals surface area contributed by atoms with Gasteiger partial charge in [0.1, 0.15) is 0 Å². The van der Waals surface area contributed by atoms with Gasteiger partial charge in [0.2, 0.25) is 5.91 Å². The van der Waals surface area contributed by atoms with E-state index in [0.717, 1.165) is 30.5 Å². The Kier molecular flexibility index (Phi) is 4.46. The number of rotatable bonds is 4. The summed E-state index contributed by atoms with van der Waals surface area (Å²) < 4.78 is 0. The molecule has 1 aromatic carbocycles. The van der Waals surface area contributed by atoms with Crippen molar-refractivity contribution >= 4 is 11.6 Å². The molecule has 0 aromatic heterocycles. The van der Waals surface area contributed by atoms with Crippen LogP contribution < -0.4 is 10.6 Å². The summed E-state index contributed by atoms with van der Waals surface area (Å²) in [6.07, 6.45) is 3.00. The summed E-state index contributed by atoms with van der Waals surface area (Å²) >= 11 is 0. The first-order valence-electron chi connectivity index (χ1n) is 7.27. The van der Waals surface area contributed by atoms with Crippen LogP contribution in [-0.4, -0.2) is 18.0 Å². The van der Waals surface area contributed by atoms with Crippen molar-refractivity contribution in [3.8, 4) is 0 Å². The monoisotopic (exact) mass is 260 g/mol. The van der Waals surface area contributed by atoms with Crippen molar-refractivity contribution in [3.05, 3.63) is 29.8 Å². The molecular formula is C16H24N2O. The maximum atomic E-state index is 12.5. The molecule has 1 aliphatic heterocycles. The molecule has 104 valence electrons. The van der Waals surface area contributed by atoms with Crippen molar-refractivity contribution in [2.45, 2.75) is 58.0 Å². The van der Waals surface area contributed by atoms with Crippen LogP contribution >= 0.6 is 0 Å². The number of benzene rings is 1. The van der Waals surface area contributed by atoms with Gasteiger partial charge in [0.05, 0.1) is 5.92 Å². The van der Waals surface area contributed by atoms with Gasteiger partial charge in [-0.05, 0) is 38.3 Å². The van der Waals surface area contributed by atoms with Crippen LogP contribution in [-0.2, 0) is 4.79 Å². The molecule has 0 radical (unpaired) electrons. The van der Waals surface area contributed by atoms with E-state index >= 15 is 0 Å². The molecule has 3 atom stereocenters. The average Bonchev–Trinajstić information content (AvgIpc) is 2.37. The highest BCUT2D eigenvalue weighted by Gasteiger charge is 2.29. The molecule has 0 fully saturated rings. The minimum atomic E-state index is -0.0215. The lowest BCUT2D eigenvalue weighted by Gasteiger charge is -2.31. The fourth-order valence-corrected chi connectivity index (χ4v) is 2.83. The molecule has 3 unspecified atom stereocenters. The SMILES string of the molecule is CCCC(C)NC(=O)C1CC(C)Nc2ccccc21. The number of nitrogens with one attached hydrogen (secondary N) is 2. The largest absolute Gasteiger partial charge is 0.382 e. The summed E-state index contributed by atoms with van der Waals surface area (Å²) in [4.78, 5) is 12.5. The summed E-state index contributed by atoms with van der Waals surface area (Å²) in [5.74, 6) is 0.147. The van der Waals surface area contributed by atoms with Gasteiger partial charge >= 0.3 is 0 Å². The highest BCUT2D eigenvalue weighted by atomic mass is 16.1. The molecule has 19 heavy (non-hydrogen) atoms. The summed E-state index contributed by atoms with van der Waals surface area (Å²) in [7, 11) is 0. The predicted molar refractivity (Wildman–Crippen MR) is 79.4 cm³/mol. The number of hydrogen-bond acceptors (Lipinski definition) is 2. The van der Waals surface area contributed by atoms with Gasteiger partial charge in [0.15, 0.2) is 0 Å². The number of amides is 1. The molecule has 0 saturated heterocycles. The first-order valence-corrected chi connectivity index (χ1v) is 7.27. The van der Waals surface area contributed by atoms with E-state index in [9.17, 15) is 4.79 Å². The van der Waals surface area contributed by atoms with E-state index in [1.165, 1.54) is 0 Å². The number of para-hydroxylation sites is 1. The second-order valence-corrected chi connectivity index (χ2v) is 5.62. The van der Waals surface area contributed by atoms with E-state index in [1.807, 2.05) is 12.1 Å². The Labute approximate surface area is 115 Å². The smallest absolute Gasteiger partial charge is 0.227 e. The summed E-state index contributed by atoms with van der Waals surface area (Å²) in [6.45, 7) is 6.36. The highest BCUT2D eigenvalue weighted by Crippen LogP contribution is 2.34. The minimum absolute atomic E-state index is 0.0215. The van der Waals surface area contributed by atoms with E-state index in [2.05, 4.69) is 43.5 Å². The highest BCUT2D eigenvalue weighted by molar-refractivity contribution is 5.86. The van der Waals surface area contributed by atoms with Crippen molar-refractivity contribution in [1.29, 1.82) is 0 Å². The maximum absolute atomic E-state index is 12.5. The fraction of sp³-hybridized carbons (Fsp3) is 0.562. The topological polar surface area (TPSA) is 41.1 Å². The molecule has 2 N–H and O–H groups in total. The molecule has 3 heteroatoms. The Morgan fingerprint density at radius 2 is 2.21 bits per heavy atom. The van der Waals surface area contributed by atoms with Gasteiger partial charge in [-0.1, -0.05) is 31.5 Å². The van der Waals surface area contributed by atoms with Crippen molar-refractivity contribution in [2.75, 3.05) is 5.32 Å². The van der Waals surface area contributed by atoms with Crippen LogP contribution in [0.1, 0.15) is 51.5 Å². The molecule has 1 amide bonds. The zero-order chi connectivity index (χ0) is 13.8.